The summed E-state index contributed by atoms with van der Waals surface area (Å²) in [5, 5.41) is 6.65. The lowest BCUT2D eigenvalue weighted by Gasteiger charge is -2.11. The third-order valence-electron chi connectivity index (χ3n) is 3.58. The van der Waals surface area contributed by atoms with Crippen molar-refractivity contribution in [3.8, 4) is 11.4 Å². The minimum absolute atomic E-state index is 0. The number of halogens is 1. The number of carbonyl (C=O) groups excluding carboxylic acids is 1. The molecule has 124 valence electrons. The molecule has 1 aromatic heterocycles. The Morgan fingerprint density at radius 3 is 2.78 bits per heavy atom. The summed E-state index contributed by atoms with van der Waals surface area (Å²) in [5.41, 5.74) is 6.40. The molecule has 2 aromatic rings. The zero-order chi connectivity index (χ0) is 15.4. The van der Waals surface area contributed by atoms with Gasteiger partial charge in [0, 0.05) is 12.1 Å². The van der Waals surface area contributed by atoms with E-state index < -0.39 is 6.10 Å². The van der Waals surface area contributed by atoms with Crippen molar-refractivity contribution in [1.82, 2.24) is 15.5 Å². The molecule has 0 radical (unpaired) electrons. The summed E-state index contributed by atoms with van der Waals surface area (Å²) < 4.78 is 10.7. The Morgan fingerprint density at radius 1 is 1.30 bits per heavy atom. The lowest BCUT2D eigenvalue weighted by Crippen LogP contribution is -2.35. The molecule has 8 heteroatoms. The third kappa shape index (κ3) is 4.28. The van der Waals surface area contributed by atoms with Crippen molar-refractivity contribution in [2.24, 2.45) is 5.73 Å². The summed E-state index contributed by atoms with van der Waals surface area (Å²) in [6, 6.07) is 9.51. The lowest BCUT2D eigenvalue weighted by molar-refractivity contribution is -0.132. The van der Waals surface area contributed by atoms with E-state index in [0.717, 1.165) is 12.0 Å². The number of nitrogens with two attached hydrogens (primary N) is 1. The molecule has 3 rings (SSSR count). The number of nitrogens with zero attached hydrogens (tertiary/aromatic N) is 2. The van der Waals surface area contributed by atoms with Crippen molar-refractivity contribution < 1.29 is 14.1 Å². The molecule has 0 spiro atoms. The zero-order valence-electron chi connectivity index (χ0n) is 12.5. The molecule has 1 fully saturated rings. The van der Waals surface area contributed by atoms with E-state index in [1.807, 2.05) is 30.3 Å². The molecule has 2 heterocycles. The molecule has 0 aliphatic carbocycles. The molecule has 1 amide bonds. The van der Waals surface area contributed by atoms with Crippen LogP contribution in [0.4, 0.5) is 0 Å². The van der Waals surface area contributed by atoms with E-state index in [1.165, 1.54) is 0 Å². The quantitative estimate of drug-likeness (QED) is 0.851. The fourth-order valence-electron chi connectivity index (χ4n) is 2.38. The van der Waals surface area contributed by atoms with Gasteiger partial charge in [-0.25, -0.2) is 0 Å². The molecule has 1 aromatic carbocycles. The van der Waals surface area contributed by atoms with Crippen LogP contribution in [0.1, 0.15) is 18.7 Å². The molecular formula is C15H19ClN4O3. The molecular weight excluding hydrogens is 320 g/mol. The minimum Gasteiger partial charge on any atom is -0.364 e. The van der Waals surface area contributed by atoms with Crippen molar-refractivity contribution in [2.75, 3.05) is 6.54 Å². The van der Waals surface area contributed by atoms with E-state index in [-0.39, 0.29) is 31.0 Å². The first-order valence-electron chi connectivity index (χ1n) is 7.27. The number of aromatic nitrogens is 2. The van der Waals surface area contributed by atoms with Gasteiger partial charge in [-0.2, -0.15) is 4.98 Å². The van der Waals surface area contributed by atoms with E-state index in [0.29, 0.717) is 24.7 Å². The highest BCUT2D eigenvalue weighted by molar-refractivity contribution is 5.85. The van der Waals surface area contributed by atoms with Gasteiger partial charge in [0.1, 0.15) is 6.10 Å². The van der Waals surface area contributed by atoms with Crippen LogP contribution in [0, 0.1) is 0 Å². The van der Waals surface area contributed by atoms with Gasteiger partial charge in [0.2, 0.25) is 17.6 Å². The largest absolute Gasteiger partial charge is 0.364 e. The Balaban J connectivity index is 0.00000192. The monoisotopic (exact) mass is 338 g/mol. The number of amides is 1. The van der Waals surface area contributed by atoms with Crippen LogP contribution in [0.25, 0.3) is 11.4 Å². The molecule has 1 aliphatic rings. The van der Waals surface area contributed by atoms with Gasteiger partial charge in [-0.1, -0.05) is 35.5 Å². The molecule has 0 saturated carbocycles. The summed E-state index contributed by atoms with van der Waals surface area (Å²) in [4.78, 5) is 16.2. The summed E-state index contributed by atoms with van der Waals surface area (Å²) >= 11 is 0. The maximum atomic E-state index is 12.0. The van der Waals surface area contributed by atoms with Gasteiger partial charge >= 0.3 is 0 Å². The second kappa shape index (κ2) is 8.05. The van der Waals surface area contributed by atoms with Gasteiger partial charge in [-0.3, -0.25) is 4.79 Å². The Bertz CT molecular complexity index is 635. The summed E-state index contributed by atoms with van der Waals surface area (Å²) in [5.74, 6) is 0.696. The molecule has 0 bridgehead atoms. The Hall–Kier alpha value is -1.96. The number of nitrogens with one attached hydrogen (secondary N) is 1. The zero-order valence-corrected chi connectivity index (χ0v) is 13.3. The van der Waals surface area contributed by atoms with E-state index in [9.17, 15) is 4.79 Å². The maximum absolute atomic E-state index is 12.0. The van der Waals surface area contributed by atoms with Crippen LogP contribution in [0.5, 0.6) is 0 Å². The van der Waals surface area contributed by atoms with Crippen LogP contribution in [0.3, 0.4) is 0 Å². The molecule has 1 aliphatic heterocycles. The first-order valence-corrected chi connectivity index (χ1v) is 7.27. The predicted octanol–water partition coefficient (Wildman–Crippen LogP) is 1.28. The van der Waals surface area contributed by atoms with Crippen LogP contribution in [0.2, 0.25) is 0 Å². The maximum Gasteiger partial charge on any atom is 0.249 e. The van der Waals surface area contributed by atoms with E-state index in [4.69, 9.17) is 15.0 Å². The summed E-state index contributed by atoms with van der Waals surface area (Å²) in [7, 11) is 0. The highest BCUT2D eigenvalue weighted by Gasteiger charge is 2.29. The lowest BCUT2D eigenvalue weighted by atomic mass is 10.2. The number of ether oxygens (including phenoxy) is 1. The topological polar surface area (TPSA) is 103 Å². The SMILES string of the molecule is Cl.NC[C@H]1CC[C@@H](C(=O)NCc2nc(-c3ccccc3)no2)O1. The van der Waals surface area contributed by atoms with E-state index in [2.05, 4.69) is 15.5 Å². The van der Waals surface area contributed by atoms with E-state index >= 15 is 0 Å². The molecule has 0 unspecified atom stereocenters. The molecule has 1 saturated heterocycles. The van der Waals surface area contributed by atoms with Crippen LogP contribution in [-0.2, 0) is 16.1 Å². The predicted molar refractivity (Wildman–Crippen MR) is 85.8 cm³/mol. The van der Waals surface area contributed by atoms with Crippen LogP contribution < -0.4 is 11.1 Å². The van der Waals surface area contributed by atoms with Crippen molar-refractivity contribution >= 4 is 18.3 Å². The van der Waals surface area contributed by atoms with E-state index in [1.54, 1.807) is 0 Å². The van der Waals surface area contributed by atoms with Gasteiger partial charge in [0.25, 0.3) is 0 Å². The fraction of sp³-hybridized carbons (Fsp3) is 0.400. The Labute approximate surface area is 140 Å². The van der Waals surface area contributed by atoms with Crippen molar-refractivity contribution in [3.63, 3.8) is 0 Å². The standard InChI is InChI=1S/C15H18N4O3.ClH/c16-8-11-6-7-12(21-11)15(20)17-9-13-18-14(19-22-13)10-4-2-1-3-5-10;/h1-5,11-12H,6-9,16H2,(H,17,20);1H/t11-,12+;/m1./s1. The van der Waals surface area contributed by atoms with Crippen LogP contribution in [0.15, 0.2) is 34.9 Å². The van der Waals surface area contributed by atoms with Crippen molar-refractivity contribution in [3.05, 3.63) is 36.2 Å². The molecule has 2 atom stereocenters. The van der Waals surface area contributed by atoms with Gasteiger partial charge in [-0.05, 0) is 12.8 Å². The number of benzene rings is 1. The van der Waals surface area contributed by atoms with Gasteiger partial charge in [-0.15, -0.1) is 12.4 Å². The van der Waals surface area contributed by atoms with Gasteiger partial charge in [0.05, 0.1) is 12.6 Å². The molecule has 23 heavy (non-hydrogen) atoms. The van der Waals surface area contributed by atoms with Gasteiger partial charge in [0.15, 0.2) is 0 Å². The average Bonchev–Trinajstić information content (AvgIpc) is 3.22. The Morgan fingerprint density at radius 2 is 2.09 bits per heavy atom. The smallest absolute Gasteiger partial charge is 0.249 e. The van der Waals surface area contributed by atoms with Crippen molar-refractivity contribution in [1.29, 1.82) is 0 Å². The Kier molecular flexibility index (Phi) is 6.09. The third-order valence-corrected chi connectivity index (χ3v) is 3.58. The minimum atomic E-state index is -0.440. The normalized spacial score (nSPS) is 20.0. The first-order chi connectivity index (χ1) is 10.8. The molecule has 3 N–H and O–H groups in total. The van der Waals surface area contributed by atoms with Gasteiger partial charge < -0.3 is 20.3 Å². The molecule has 7 nitrogen and oxygen atoms in total. The first kappa shape index (κ1) is 17.4. The number of hydrogen-bond acceptors (Lipinski definition) is 6. The average molecular weight is 339 g/mol. The van der Waals surface area contributed by atoms with Crippen molar-refractivity contribution in [2.45, 2.75) is 31.6 Å². The van der Waals surface area contributed by atoms with Crippen LogP contribution >= 0.6 is 12.4 Å². The second-order valence-electron chi connectivity index (χ2n) is 5.16. The highest BCUT2D eigenvalue weighted by atomic mass is 35.5. The number of carbonyl (C=O) groups is 1. The summed E-state index contributed by atoms with van der Waals surface area (Å²) in [6.07, 6.45) is 1.04. The van der Waals surface area contributed by atoms with Crippen LogP contribution in [-0.4, -0.2) is 34.8 Å². The second-order valence-corrected chi connectivity index (χ2v) is 5.16. The summed E-state index contributed by atoms with van der Waals surface area (Å²) in [6.45, 7) is 0.625. The fourth-order valence-corrected chi connectivity index (χ4v) is 2.38. The number of rotatable bonds is 5. The number of hydrogen-bond donors (Lipinski definition) is 2. The highest BCUT2D eigenvalue weighted by Crippen LogP contribution is 2.19.